The first-order chi connectivity index (χ1) is 19.7. The molecule has 1 aliphatic rings. The van der Waals surface area contributed by atoms with Crippen molar-refractivity contribution in [1.82, 2.24) is 4.98 Å². The summed E-state index contributed by atoms with van der Waals surface area (Å²) in [6.45, 7) is 0. The molecule has 1 fully saturated rings. The molecule has 0 bridgehead atoms. The number of pyridine rings is 1. The van der Waals surface area contributed by atoms with Crippen LogP contribution in [0.3, 0.4) is 0 Å². The Kier molecular flexibility index (Phi) is 7.84. The van der Waals surface area contributed by atoms with Gasteiger partial charge in [-0.3, -0.25) is 4.98 Å². The lowest BCUT2D eigenvalue weighted by molar-refractivity contribution is -0.00000832. The Morgan fingerprint density at radius 3 is 1.61 bits per heavy atom. The van der Waals surface area contributed by atoms with Crippen molar-refractivity contribution in [1.29, 1.82) is 0 Å². The van der Waals surface area contributed by atoms with Crippen LogP contribution in [0.1, 0.15) is 30.0 Å². The molecule has 1 aliphatic carbocycles. The molecule has 0 spiro atoms. The van der Waals surface area contributed by atoms with Gasteiger partial charge >= 0.3 is 0 Å². The Morgan fingerprint density at radius 1 is 0.610 bits per heavy atom. The normalized spacial score (nSPS) is 13.1. The molecule has 5 aromatic carbocycles. The van der Waals surface area contributed by atoms with Gasteiger partial charge in [-0.05, 0) is 78.6 Å². The van der Waals surface area contributed by atoms with Gasteiger partial charge in [0.15, 0.2) is 0 Å². The van der Waals surface area contributed by atoms with E-state index in [0.717, 1.165) is 35.5 Å². The van der Waals surface area contributed by atoms with Gasteiger partial charge in [-0.15, -0.1) is 0 Å². The van der Waals surface area contributed by atoms with Gasteiger partial charge in [0.2, 0.25) is 0 Å². The summed E-state index contributed by atoms with van der Waals surface area (Å²) in [6.07, 6.45) is 3.17. The van der Waals surface area contributed by atoms with Gasteiger partial charge in [0.05, 0.1) is 11.2 Å². The van der Waals surface area contributed by atoms with E-state index in [4.69, 9.17) is 4.98 Å². The third-order valence-corrected chi connectivity index (χ3v) is 12.4. The lowest BCUT2D eigenvalue weighted by Gasteiger charge is -2.30. The molecule has 4 heteroatoms. The Labute approximate surface area is 252 Å². The predicted octanol–water partition coefficient (Wildman–Crippen LogP) is 5.42. The van der Waals surface area contributed by atoms with Gasteiger partial charge in [-0.2, -0.15) is 0 Å². The molecule has 1 aromatic heterocycles. The van der Waals surface area contributed by atoms with E-state index in [9.17, 15) is 4.39 Å². The molecule has 0 saturated heterocycles. The Balaban J connectivity index is 0.00000302. The predicted molar refractivity (Wildman–Crippen MR) is 168 cm³/mol. The molecular formula is C37H30BrFNP. The second-order valence-electron chi connectivity index (χ2n) is 10.6. The highest BCUT2D eigenvalue weighted by molar-refractivity contribution is 7.95. The maximum atomic E-state index is 14.2. The van der Waals surface area contributed by atoms with Crippen molar-refractivity contribution in [3.05, 3.63) is 157 Å². The van der Waals surface area contributed by atoms with E-state index >= 15 is 0 Å². The number of fused-ring (bicyclic) bond motifs is 1. The second-order valence-corrected chi connectivity index (χ2v) is 14.1. The monoisotopic (exact) mass is 617 g/mol. The van der Waals surface area contributed by atoms with Gasteiger partial charge in [-0.1, -0.05) is 84.9 Å². The first-order valence-electron chi connectivity index (χ1n) is 14.0. The Bertz CT molecular complexity index is 1670. The molecule has 202 valence electrons. The van der Waals surface area contributed by atoms with Crippen LogP contribution in [0.15, 0.2) is 140 Å². The molecule has 0 radical (unpaired) electrons. The highest BCUT2D eigenvalue weighted by atomic mass is 79.9. The van der Waals surface area contributed by atoms with Crippen LogP contribution in [0.25, 0.3) is 22.0 Å². The number of hydrogen-bond acceptors (Lipinski definition) is 1. The fraction of sp³-hybridized carbons (Fsp3) is 0.108. The van der Waals surface area contributed by atoms with Gasteiger partial charge in [-0.25, -0.2) is 4.39 Å². The summed E-state index contributed by atoms with van der Waals surface area (Å²) in [6, 6.07) is 48.6. The van der Waals surface area contributed by atoms with Gasteiger partial charge in [0, 0.05) is 16.9 Å². The largest absolute Gasteiger partial charge is 1.00 e. The summed E-state index contributed by atoms with van der Waals surface area (Å²) in [5.41, 5.74) is 5.77. The first kappa shape index (κ1) is 27.5. The maximum Gasteiger partial charge on any atom is 0.123 e. The lowest BCUT2D eigenvalue weighted by atomic mass is 9.93. The molecular weight excluding hydrogens is 588 g/mol. The van der Waals surface area contributed by atoms with Gasteiger partial charge in [0.1, 0.15) is 35.2 Å². The van der Waals surface area contributed by atoms with Gasteiger partial charge in [0.25, 0.3) is 0 Å². The van der Waals surface area contributed by atoms with Crippen LogP contribution >= 0.6 is 7.26 Å². The zero-order chi connectivity index (χ0) is 26.9. The van der Waals surface area contributed by atoms with E-state index in [1.807, 2.05) is 12.1 Å². The summed E-state index contributed by atoms with van der Waals surface area (Å²) in [7, 11) is -2.16. The molecule has 0 aliphatic heterocycles. The van der Waals surface area contributed by atoms with Crippen molar-refractivity contribution in [3.63, 3.8) is 0 Å². The van der Waals surface area contributed by atoms with Crippen molar-refractivity contribution in [3.8, 4) is 11.1 Å². The number of hydrogen-bond donors (Lipinski definition) is 0. The van der Waals surface area contributed by atoms with Crippen LogP contribution in [0.5, 0.6) is 0 Å². The summed E-state index contributed by atoms with van der Waals surface area (Å²) in [4.78, 5) is 5.35. The Hall–Kier alpha value is -3.65. The van der Waals surface area contributed by atoms with Crippen LogP contribution in [0.4, 0.5) is 4.39 Å². The maximum absolute atomic E-state index is 14.2. The number of benzene rings is 5. The lowest BCUT2D eigenvalue weighted by Crippen LogP contribution is -3.00. The molecule has 1 heterocycles. The van der Waals surface area contributed by atoms with Crippen LogP contribution in [0, 0.1) is 5.82 Å². The minimum absolute atomic E-state index is 0. The zero-order valence-corrected chi connectivity index (χ0v) is 25.1. The SMILES string of the molecule is Fc1ccc(-c2c(C[P+](c3ccccc3)(c3ccccc3)c3ccccc3)c(C3CC3)nc3ccccc23)cc1.[Br-]. The van der Waals surface area contributed by atoms with Crippen molar-refractivity contribution in [2.75, 3.05) is 0 Å². The number of rotatable bonds is 7. The van der Waals surface area contributed by atoms with Crippen molar-refractivity contribution < 1.29 is 21.4 Å². The van der Waals surface area contributed by atoms with E-state index in [-0.39, 0.29) is 22.8 Å². The summed E-state index contributed by atoms with van der Waals surface area (Å²) < 4.78 is 14.2. The molecule has 1 saturated carbocycles. The highest BCUT2D eigenvalue weighted by Crippen LogP contribution is 2.60. The number of halogens is 2. The Morgan fingerprint density at radius 2 is 1.10 bits per heavy atom. The molecule has 1 nitrogen and oxygen atoms in total. The standard InChI is InChI=1S/C37H30FNP.BrH/c38-29-24-22-27(23-25-29)36-33-18-10-11-19-35(33)39-37(28-20-21-28)34(36)26-40(30-12-4-1-5-13-30,31-14-6-2-7-15-31)32-16-8-3-9-17-32;/h1-19,22-25,28H,20-21,26H2;1H/q+1;/p-1. The summed E-state index contributed by atoms with van der Waals surface area (Å²) in [5, 5.41) is 5.19. The average molecular weight is 619 g/mol. The summed E-state index contributed by atoms with van der Waals surface area (Å²) in [5.74, 6) is 0.244. The average Bonchev–Trinajstić information content (AvgIpc) is 3.87. The zero-order valence-electron chi connectivity index (χ0n) is 22.6. The number of nitrogens with zero attached hydrogens (tertiary/aromatic N) is 1. The molecule has 7 rings (SSSR count). The number of para-hydroxylation sites is 1. The molecule has 0 amide bonds. The first-order valence-corrected chi connectivity index (χ1v) is 15.9. The second kappa shape index (κ2) is 11.7. The quantitative estimate of drug-likeness (QED) is 0.218. The van der Waals surface area contributed by atoms with E-state index in [1.165, 1.54) is 32.7 Å². The van der Waals surface area contributed by atoms with Crippen LogP contribution in [0.2, 0.25) is 0 Å². The van der Waals surface area contributed by atoms with Crippen LogP contribution in [-0.2, 0) is 6.16 Å². The highest BCUT2D eigenvalue weighted by Gasteiger charge is 2.47. The van der Waals surface area contributed by atoms with E-state index in [1.54, 1.807) is 12.1 Å². The van der Waals surface area contributed by atoms with Crippen molar-refractivity contribution >= 4 is 34.1 Å². The minimum atomic E-state index is -2.16. The van der Waals surface area contributed by atoms with Crippen molar-refractivity contribution in [2.45, 2.75) is 24.9 Å². The minimum Gasteiger partial charge on any atom is -1.00 e. The van der Waals surface area contributed by atoms with E-state index in [0.29, 0.717) is 5.92 Å². The van der Waals surface area contributed by atoms with E-state index < -0.39 is 7.26 Å². The molecule has 0 unspecified atom stereocenters. The summed E-state index contributed by atoms with van der Waals surface area (Å²) >= 11 is 0. The molecule has 0 N–H and O–H groups in total. The van der Waals surface area contributed by atoms with Crippen molar-refractivity contribution in [2.24, 2.45) is 0 Å². The topological polar surface area (TPSA) is 12.9 Å². The van der Waals surface area contributed by atoms with Crippen LogP contribution < -0.4 is 32.9 Å². The smallest absolute Gasteiger partial charge is 0.123 e. The third kappa shape index (κ3) is 5.14. The van der Waals surface area contributed by atoms with Crippen LogP contribution in [-0.4, -0.2) is 4.98 Å². The number of aromatic nitrogens is 1. The fourth-order valence-corrected chi connectivity index (χ4v) is 10.4. The fourth-order valence-electron chi connectivity index (χ4n) is 6.08. The van der Waals surface area contributed by atoms with E-state index in [2.05, 4.69) is 115 Å². The molecule has 0 atom stereocenters. The third-order valence-electron chi connectivity index (χ3n) is 8.11. The van der Waals surface area contributed by atoms with Gasteiger partial charge < -0.3 is 17.0 Å². The molecule has 6 aromatic rings. The molecule has 41 heavy (non-hydrogen) atoms.